The Hall–Kier alpha value is -3.24. The third-order valence-electron chi connectivity index (χ3n) is 4.45. The molecule has 7 heteroatoms. The summed E-state index contributed by atoms with van der Waals surface area (Å²) in [4.78, 5) is 24.4. The molecule has 0 aliphatic carbocycles. The van der Waals surface area contributed by atoms with Crippen molar-refractivity contribution in [1.82, 2.24) is 5.32 Å². The predicted octanol–water partition coefficient (Wildman–Crippen LogP) is 3.51. The summed E-state index contributed by atoms with van der Waals surface area (Å²) in [5.74, 6) is -0.441. The van der Waals surface area contributed by atoms with Crippen molar-refractivity contribution in [3.8, 4) is 11.8 Å². The number of benzene rings is 2. The molecule has 0 radical (unpaired) electrons. The van der Waals surface area contributed by atoms with Crippen LogP contribution in [0.5, 0.6) is 5.75 Å². The van der Waals surface area contributed by atoms with Crippen molar-refractivity contribution in [3.05, 3.63) is 76.3 Å². The minimum Gasteiger partial charge on any atom is -0.496 e. The largest absolute Gasteiger partial charge is 0.496 e. The fourth-order valence-corrected chi connectivity index (χ4v) is 3.94. The Morgan fingerprint density at radius 3 is 2.66 bits per heavy atom. The van der Waals surface area contributed by atoms with Crippen LogP contribution in [0.4, 0.5) is 0 Å². The fraction of sp³-hybridized carbons (Fsp3) is 0.227. The molecule has 0 saturated heterocycles. The van der Waals surface area contributed by atoms with Crippen molar-refractivity contribution in [2.45, 2.75) is 18.9 Å². The Labute approximate surface area is 173 Å². The number of thioether (sulfide) groups is 1. The van der Waals surface area contributed by atoms with E-state index in [0.29, 0.717) is 16.4 Å². The molecule has 0 saturated carbocycles. The van der Waals surface area contributed by atoms with Crippen LogP contribution >= 0.6 is 11.8 Å². The number of methoxy groups -OCH3 is 1. The molecular formula is C22H20N2O4S. The fourth-order valence-electron chi connectivity index (χ4n) is 3.06. The van der Waals surface area contributed by atoms with E-state index in [9.17, 15) is 14.9 Å². The number of esters is 1. The van der Waals surface area contributed by atoms with Crippen LogP contribution in [0.2, 0.25) is 0 Å². The number of nitriles is 1. The van der Waals surface area contributed by atoms with Gasteiger partial charge in [0.05, 0.1) is 29.5 Å². The lowest BCUT2D eigenvalue weighted by molar-refractivity contribution is -0.141. The monoisotopic (exact) mass is 408 g/mol. The summed E-state index contributed by atoms with van der Waals surface area (Å²) in [5, 5.41) is 12.8. The SMILES string of the molecule is COc1ccccc1C1CC(=O)NC(SCC(=O)OCc2ccccc2)=C1C#N. The van der Waals surface area contributed by atoms with Crippen molar-refractivity contribution < 1.29 is 19.1 Å². The van der Waals surface area contributed by atoms with E-state index >= 15 is 0 Å². The average molecular weight is 408 g/mol. The van der Waals surface area contributed by atoms with Gasteiger partial charge >= 0.3 is 5.97 Å². The van der Waals surface area contributed by atoms with Gasteiger partial charge in [-0.05, 0) is 11.6 Å². The lowest BCUT2D eigenvalue weighted by Gasteiger charge is -2.26. The number of para-hydroxylation sites is 1. The number of nitrogens with one attached hydrogen (secondary N) is 1. The number of allylic oxidation sites excluding steroid dienone is 1. The van der Waals surface area contributed by atoms with E-state index in [0.717, 1.165) is 22.9 Å². The van der Waals surface area contributed by atoms with E-state index in [1.165, 1.54) is 0 Å². The van der Waals surface area contributed by atoms with Crippen molar-refractivity contribution in [3.63, 3.8) is 0 Å². The molecule has 1 aliphatic rings. The van der Waals surface area contributed by atoms with Crippen molar-refractivity contribution in [2.75, 3.05) is 12.9 Å². The molecule has 0 spiro atoms. The first-order valence-electron chi connectivity index (χ1n) is 9.01. The number of ether oxygens (including phenoxy) is 2. The summed E-state index contributed by atoms with van der Waals surface area (Å²) in [7, 11) is 1.55. The van der Waals surface area contributed by atoms with Gasteiger partial charge in [0.2, 0.25) is 5.91 Å². The maximum atomic E-state index is 12.2. The van der Waals surface area contributed by atoms with Crippen molar-refractivity contribution >= 4 is 23.6 Å². The molecule has 0 fully saturated rings. The molecule has 3 rings (SSSR count). The smallest absolute Gasteiger partial charge is 0.316 e. The van der Waals surface area contributed by atoms with E-state index in [4.69, 9.17) is 9.47 Å². The molecule has 2 aromatic rings. The molecule has 29 heavy (non-hydrogen) atoms. The molecule has 1 heterocycles. The van der Waals surface area contributed by atoms with Gasteiger partial charge in [0, 0.05) is 17.9 Å². The van der Waals surface area contributed by atoms with E-state index in [1.54, 1.807) is 13.2 Å². The van der Waals surface area contributed by atoms with Crippen LogP contribution in [0.1, 0.15) is 23.5 Å². The number of carbonyl (C=O) groups is 2. The number of hydrogen-bond donors (Lipinski definition) is 1. The second-order valence-corrected chi connectivity index (χ2v) is 7.32. The highest BCUT2D eigenvalue weighted by molar-refractivity contribution is 8.03. The summed E-state index contributed by atoms with van der Waals surface area (Å²) in [5.41, 5.74) is 2.08. The second-order valence-electron chi connectivity index (χ2n) is 6.34. The number of rotatable bonds is 7. The molecule has 148 valence electrons. The van der Waals surface area contributed by atoms with E-state index < -0.39 is 11.9 Å². The van der Waals surface area contributed by atoms with Crippen LogP contribution in [-0.4, -0.2) is 24.7 Å². The Kier molecular flexibility index (Phi) is 6.93. The Morgan fingerprint density at radius 1 is 1.21 bits per heavy atom. The molecule has 1 amide bonds. The quantitative estimate of drug-likeness (QED) is 0.706. The van der Waals surface area contributed by atoms with Gasteiger partial charge in [0.1, 0.15) is 12.4 Å². The standard InChI is InChI=1S/C22H20N2O4S/c1-27-19-10-6-5-9-16(19)17-11-20(25)24-22(18(17)12-23)29-14-21(26)28-13-15-7-3-2-4-8-15/h2-10,17H,11,13-14H2,1H3,(H,24,25). The van der Waals surface area contributed by atoms with Gasteiger partial charge in [-0.1, -0.05) is 60.3 Å². The Morgan fingerprint density at radius 2 is 1.93 bits per heavy atom. The Balaban J connectivity index is 1.72. The third-order valence-corrected chi connectivity index (χ3v) is 5.44. The van der Waals surface area contributed by atoms with Crippen LogP contribution in [0.3, 0.4) is 0 Å². The van der Waals surface area contributed by atoms with E-state index in [1.807, 2.05) is 48.5 Å². The summed E-state index contributed by atoms with van der Waals surface area (Å²) < 4.78 is 10.7. The molecule has 0 bridgehead atoms. The Bertz CT molecular complexity index is 966. The van der Waals surface area contributed by atoms with Gasteiger partial charge in [0.15, 0.2) is 0 Å². The maximum Gasteiger partial charge on any atom is 0.316 e. The van der Waals surface area contributed by atoms with Gasteiger partial charge in [0.25, 0.3) is 0 Å². The van der Waals surface area contributed by atoms with Gasteiger partial charge in [-0.15, -0.1) is 0 Å². The van der Waals surface area contributed by atoms with E-state index in [-0.39, 0.29) is 24.7 Å². The van der Waals surface area contributed by atoms with Crippen molar-refractivity contribution in [2.24, 2.45) is 0 Å². The molecule has 1 unspecified atom stereocenters. The number of amides is 1. The number of hydrogen-bond acceptors (Lipinski definition) is 6. The third kappa shape index (κ3) is 5.18. The van der Waals surface area contributed by atoms with Gasteiger partial charge in [-0.25, -0.2) is 0 Å². The van der Waals surface area contributed by atoms with Crippen LogP contribution in [0, 0.1) is 11.3 Å². The van der Waals surface area contributed by atoms with Gasteiger partial charge < -0.3 is 14.8 Å². The van der Waals surface area contributed by atoms with Crippen LogP contribution in [0.25, 0.3) is 0 Å². The van der Waals surface area contributed by atoms with E-state index in [2.05, 4.69) is 11.4 Å². The molecule has 1 atom stereocenters. The van der Waals surface area contributed by atoms with Gasteiger partial charge in [-0.2, -0.15) is 5.26 Å². The lowest BCUT2D eigenvalue weighted by Crippen LogP contribution is -2.31. The zero-order chi connectivity index (χ0) is 20.6. The zero-order valence-electron chi connectivity index (χ0n) is 15.9. The lowest BCUT2D eigenvalue weighted by atomic mass is 9.86. The predicted molar refractivity (Wildman–Crippen MR) is 110 cm³/mol. The topological polar surface area (TPSA) is 88.4 Å². The molecule has 1 N–H and O–H groups in total. The highest BCUT2D eigenvalue weighted by Crippen LogP contribution is 2.39. The normalized spacial score (nSPS) is 16.0. The first-order valence-corrected chi connectivity index (χ1v) is 10.00. The summed E-state index contributed by atoms with van der Waals surface area (Å²) in [6, 6.07) is 18.9. The summed E-state index contributed by atoms with van der Waals surface area (Å²) >= 11 is 1.10. The molecular weight excluding hydrogens is 388 g/mol. The van der Waals surface area contributed by atoms with Crippen molar-refractivity contribution in [1.29, 1.82) is 5.26 Å². The minimum atomic E-state index is -0.423. The first kappa shape index (κ1) is 20.5. The molecule has 0 aromatic heterocycles. The molecule has 2 aromatic carbocycles. The average Bonchev–Trinajstić information content (AvgIpc) is 2.76. The minimum absolute atomic E-state index is 0.00767. The highest BCUT2D eigenvalue weighted by atomic mass is 32.2. The highest BCUT2D eigenvalue weighted by Gasteiger charge is 2.31. The summed E-state index contributed by atoms with van der Waals surface area (Å²) in [6.45, 7) is 0.181. The number of nitrogens with zero attached hydrogens (tertiary/aromatic N) is 1. The maximum absolute atomic E-state index is 12.2. The van der Waals surface area contributed by atoms with Crippen LogP contribution in [0.15, 0.2) is 65.2 Å². The zero-order valence-corrected chi connectivity index (χ0v) is 16.7. The van der Waals surface area contributed by atoms with Crippen LogP contribution < -0.4 is 10.1 Å². The summed E-state index contributed by atoms with van der Waals surface area (Å²) in [6.07, 6.45) is 0.145. The molecule has 6 nitrogen and oxygen atoms in total. The molecule has 1 aliphatic heterocycles. The van der Waals surface area contributed by atoms with Crippen LogP contribution in [-0.2, 0) is 20.9 Å². The first-order chi connectivity index (χ1) is 14.1. The van der Waals surface area contributed by atoms with Gasteiger partial charge in [-0.3, -0.25) is 9.59 Å². The second kappa shape index (κ2) is 9.80. The number of carbonyl (C=O) groups excluding carboxylic acids is 2.